The van der Waals surface area contributed by atoms with Gasteiger partial charge in [-0.3, -0.25) is 9.80 Å². The molecule has 3 nitrogen and oxygen atoms in total. The maximum Gasteiger partial charge on any atom is 0.118 e. The zero-order chi connectivity index (χ0) is 13.3. The van der Waals surface area contributed by atoms with Gasteiger partial charge < -0.3 is 5.32 Å². The van der Waals surface area contributed by atoms with E-state index < -0.39 is 6.17 Å². The number of nitrogens with zero attached hydrogens (tertiary/aromatic N) is 2. The average molecular weight is 257 g/mol. The van der Waals surface area contributed by atoms with Gasteiger partial charge in [-0.05, 0) is 34.1 Å². The Labute approximate surface area is 111 Å². The van der Waals surface area contributed by atoms with Crippen LogP contribution < -0.4 is 5.32 Å². The lowest BCUT2D eigenvalue weighted by Gasteiger charge is -2.42. The van der Waals surface area contributed by atoms with Crippen molar-refractivity contribution in [3.05, 3.63) is 0 Å². The van der Waals surface area contributed by atoms with E-state index in [2.05, 4.69) is 42.8 Å². The minimum absolute atomic E-state index is 0.0545. The van der Waals surface area contributed by atoms with Gasteiger partial charge in [0.05, 0.1) is 6.04 Å². The first kappa shape index (κ1) is 14.2. The molecule has 2 saturated heterocycles. The van der Waals surface area contributed by atoms with Crippen LogP contribution in [0, 0.1) is 0 Å². The molecule has 4 heteroatoms. The van der Waals surface area contributed by atoms with E-state index in [-0.39, 0.29) is 11.6 Å². The topological polar surface area (TPSA) is 18.5 Å². The molecule has 2 aliphatic rings. The molecular weight excluding hydrogens is 229 g/mol. The van der Waals surface area contributed by atoms with Crippen LogP contribution in [0.15, 0.2) is 0 Å². The van der Waals surface area contributed by atoms with Crippen molar-refractivity contribution in [2.24, 2.45) is 0 Å². The number of rotatable bonds is 2. The normalized spacial score (nSPS) is 36.2. The Kier molecular flexibility index (Phi) is 4.29. The highest BCUT2D eigenvalue weighted by atomic mass is 19.1. The number of piperazine rings is 1. The summed E-state index contributed by atoms with van der Waals surface area (Å²) in [6.45, 7) is 13.8. The lowest BCUT2D eigenvalue weighted by Crippen LogP contribution is -2.55. The molecule has 2 fully saturated rings. The standard InChI is InChI=1S/C14H28FN3/c1-11-9-12(15)13(18(11)14(2,3)4)10-17-7-5-16-6-8-17/h11-13,16H,5-10H2,1-4H3/t11-,12-,13+/m1/s1. The van der Waals surface area contributed by atoms with E-state index in [0.29, 0.717) is 12.5 Å². The van der Waals surface area contributed by atoms with Gasteiger partial charge >= 0.3 is 0 Å². The molecule has 2 aliphatic heterocycles. The molecule has 0 saturated carbocycles. The first-order valence-electron chi connectivity index (χ1n) is 7.25. The molecule has 106 valence electrons. The summed E-state index contributed by atoms with van der Waals surface area (Å²) in [4.78, 5) is 4.80. The monoisotopic (exact) mass is 257 g/mol. The second-order valence-electron chi connectivity index (χ2n) is 6.80. The Morgan fingerprint density at radius 2 is 1.83 bits per heavy atom. The van der Waals surface area contributed by atoms with Crippen LogP contribution in [0.3, 0.4) is 0 Å². The summed E-state index contributed by atoms with van der Waals surface area (Å²) in [6.07, 6.45) is 0.0164. The van der Waals surface area contributed by atoms with Crippen molar-refractivity contribution in [2.75, 3.05) is 32.7 Å². The minimum Gasteiger partial charge on any atom is -0.314 e. The third-order valence-electron chi connectivity index (χ3n) is 4.25. The molecule has 0 amide bonds. The summed E-state index contributed by atoms with van der Waals surface area (Å²) in [6, 6.07) is 0.422. The van der Waals surface area contributed by atoms with E-state index >= 15 is 0 Å². The molecule has 1 N–H and O–H groups in total. The maximum atomic E-state index is 14.3. The Morgan fingerprint density at radius 3 is 2.39 bits per heavy atom. The van der Waals surface area contributed by atoms with Crippen LogP contribution in [0.5, 0.6) is 0 Å². The largest absolute Gasteiger partial charge is 0.314 e. The first-order valence-corrected chi connectivity index (χ1v) is 7.25. The van der Waals surface area contributed by atoms with E-state index in [4.69, 9.17) is 0 Å². The number of hydrogen-bond acceptors (Lipinski definition) is 3. The predicted octanol–water partition coefficient (Wildman–Crippen LogP) is 1.49. The molecule has 3 atom stereocenters. The number of likely N-dealkylation sites (tertiary alicyclic amines) is 1. The fourth-order valence-electron chi connectivity index (χ4n) is 3.62. The predicted molar refractivity (Wildman–Crippen MR) is 73.7 cm³/mol. The van der Waals surface area contributed by atoms with Gasteiger partial charge in [-0.25, -0.2) is 4.39 Å². The quantitative estimate of drug-likeness (QED) is 0.808. The summed E-state index contributed by atoms with van der Waals surface area (Å²) in [5.41, 5.74) is 0.0545. The third-order valence-corrected chi connectivity index (χ3v) is 4.25. The molecule has 0 aliphatic carbocycles. The molecule has 0 aromatic heterocycles. The van der Waals surface area contributed by atoms with Crippen LogP contribution in [0.2, 0.25) is 0 Å². The van der Waals surface area contributed by atoms with Crippen molar-refractivity contribution in [1.82, 2.24) is 15.1 Å². The van der Waals surface area contributed by atoms with Crippen LogP contribution >= 0.6 is 0 Å². The van der Waals surface area contributed by atoms with E-state index in [0.717, 1.165) is 32.7 Å². The van der Waals surface area contributed by atoms with Crippen molar-refractivity contribution in [2.45, 2.75) is 57.9 Å². The first-order chi connectivity index (χ1) is 8.39. The van der Waals surface area contributed by atoms with Crippen molar-refractivity contribution in [1.29, 1.82) is 0 Å². The van der Waals surface area contributed by atoms with Crippen LogP contribution in [-0.4, -0.2) is 66.3 Å². The summed E-state index contributed by atoms with van der Waals surface area (Å²) >= 11 is 0. The minimum atomic E-state index is -0.672. The summed E-state index contributed by atoms with van der Waals surface area (Å²) in [7, 11) is 0. The fourth-order valence-corrected chi connectivity index (χ4v) is 3.62. The second kappa shape index (κ2) is 5.43. The molecule has 0 bridgehead atoms. The zero-order valence-electron chi connectivity index (χ0n) is 12.2. The fraction of sp³-hybridized carbons (Fsp3) is 1.00. The smallest absolute Gasteiger partial charge is 0.118 e. The molecule has 0 aromatic carbocycles. The molecule has 2 heterocycles. The Bertz CT molecular complexity index is 271. The van der Waals surface area contributed by atoms with Gasteiger partial charge in [-0.1, -0.05) is 0 Å². The maximum absolute atomic E-state index is 14.3. The molecular formula is C14H28FN3. The van der Waals surface area contributed by atoms with Crippen LogP contribution in [0.1, 0.15) is 34.1 Å². The van der Waals surface area contributed by atoms with Crippen LogP contribution in [-0.2, 0) is 0 Å². The van der Waals surface area contributed by atoms with Gasteiger partial charge in [-0.15, -0.1) is 0 Å². The molecule has 0 unspecified atom stereocenters. The number of nitrogens with one attached hydrogen (secondary N) is 1. The number of halogens is 1. The molecule has 0 aromatic rings. The highest BCUT2D eigenvalue weighted by molar-refractivity contribution is 4.99. The third kappa shape index (κ3) is 3.03. The molecule has 0 radical (unpaired) electrons. The lowest BCUT2D eigenvalue weighted by atomic mass is 10.0. The van der Waals surface area contributed by atoms with Gasteiger partial charge in [0, 0.05) is 44.3 Å². The SMILES string of the molecule is C[C@@H]1C[C@@H](F)[C@H](CN2CCNCC2)N1C(C)(C)C. The Hall–Kier alpha value is -0.190. The lowest BCUT2D eigenvalue weighted by molar-refractivity contribution is 0.0429. The number of hydrogen-bond donors (Lipinski definition) is 1. The van der Waals surface area contributed by atoms with Gasteiger partial charge in [0.25, 0.3) is 0 Å². The van der Waals surface area contributed by atoms with Crippen LogP contribution in [0.4, 0.5) is 4.39 Å². The van der Waals surface area contributed by atoms with E-state index in [1.807, 2.05) is 0 Å². The summed E-state index contributed by atoms with van der Waals surface area (Å²) in [5, 5.41) is 3.35. The van der Waals surface area contributed by atoms with Crippen molar-refractivity contribution >= 4 is 0 Å². The van der Waals surface area contributed by atoms with Crippen molar-refractivity contribution in [3.8, 4) is 0 Å². The molecule has 18 heavy (non-hydrogen) atoms. The highest BCUT2D eigenvalue weighted by Gasteiger charge is 2.44. The Balaban J connectivity index is 2.03. The highest BCUT2D eigenvalue weighted by Crippen LogP contribution is 2.34. The number of alkyl halides is 1. The van der Waals surface area contributed by atoms with Gasteiger partial charge in [0.1, 0.15) is 6.17 Å². The average Bonchev–Trinajstić information content (AvgIpc) is 2.54. The Morgan fingerprint density at radius 1 is 1.22 bits per heavy atom. The zero-order valence-corrected chi connectivity index (χ0v) is 12.2. The van der Waals surface area contributed by atoms with E-state index in [9.17, 15) is 4.39 Å². The second-order valence-corrected chi connectivity index (χ2v) is 6.80. The van der Waals surface area contributed by atoms with Gasteiger partial charge in [0.15, 0.2) is 0 Å². The van der Waals surface area contributed by atoms with Crippen LogP contribution in [0.25, 0.3) is 0 Å². The van der Waals surface area contributed by atoms with Gasteiger partial charge in [0.2, 0.25) is 0 Å². The van der Waals surface area contributed by atoms with E-state index in [1.54, 1.807) is 0 Å². The molecule has 0 spiro atoms. The summed E-state index contributed by atoms with van der Waals surface area (Å²) < 4.78 is 14.3. The van der Waals surface area contributed by atoms with Crippen molar-refractivity contribution in [3.63, 3.8) is 0 Å². The van der Waals surface area contributed by atoms with Crippen molar-refractivity contribution < 1.29 is 4.39 Å². The summed E-state index contributed by atoms with van der Waals surface area (Å²) in [5.74, 6) is 0. The van der Waals surface area contributed by atoms with Gasteiger partial charge in [-0.2, -0.15) is 0 Å². The molecule has 2 rings (SSSR count). The van der Waals surface area contributed by atoms with E-state index in [1.165, 1.54) is 0 Å².